The molecular formula is C17H35NO3. The second-order valence-electron chi connectivity index (χ2n) is 6.17. The van der Waals surface area contributed by atoms with Gasteiger partial charge in [0.1, 0.15) is 5.54 Å². The Morgan fingerprint density at radius 1 is 1.10 bits per heavy atom. The van der Waals surface area contributed by atoms with E-state index in [4.69, 9.17) is 9.47 Å². The van der Waals surface area contributed by atoms with Gasteiger partial charge in [0.05, 0.1) is 13.2 Å². The van der Waals surface area contributed by atoms with Crippen molar-refractivity contribution < 1.29 is 14.3 Å². The molecule has 0 aromatic heterocycles. The zero-order valence-electron chi connectivity index (χ0n) is 14.7. The van der Waals surface area contributed by atoms with E-state index in [9.17, 15) is 4.79 Å². The summed E-state index contributed by atoms with van der Waals surface area (Å²) in [6.45, 7) is 11.4. The molecule has 4 nitrogen and oxygen atoms in total. The van der Waals surface area contributed by atoms with Gasteiger partial charge in [0.2, 0.25) is 0 Å². The highest BCUT2D eigenvalue weighted by Crippen LogP contribution is 2.11. The fourth-order valence-corrected chi connectivity index (χ4v) is 2.35. The number of rotatable bonds is 13. The topological polar surface area (TPSA) is 47.6 Å². The van der Waals surface area contributed by atoms with Gasteiger partial charge in [-0.2, -0.15) is 0 Å². The maximum Gasteiger partial charge on any atom is 0.328 e. The molecule has 0 aliphatic heterocycles. The van der Waals surface area contributed by atoms with E-state index in [1.165, 1.54) is 32.1 Å². The van der Waals surface area contributed by atoms with E-state index in [0.717, 1.165) is 6.42 Å². The number of hydrogen-bond donors (Lipinski definition) is 1. The number of esters is 1. The van der Waals surface area contributed by atoms with Crippen LogP contribution in [0.1, 0.15) is 73.1 Å². The molecule has 0 aromatic carbocycles. The third kappa shape index (κ3) is 9.86. The molecule has 21 heavy (non-hydrogen) atoms. The molecule has 0 amide bonds. The van der Waals surface area contributed by atoms with Gasteiger partial charge in [-0.15, -0.1) is 0 Å². The van der Waals surface area contributed by atoms with Crippen molar-refractivity contribution in [1.29, 1.82) is 0 Å². The van der Waals surface area contributed by atoms with Gasteiger partial charge in [-0.1, -0.05) is 39.0 Å². The minimum absolute atomic E-state index is 0.206. The lowest BCUT2D eigenvalue weighted by Gasteiger charge is -2.30. The molecule has 1 atom stereocenters. The van der Waals surface area contributed by atoms with E-state index in [1.807, 2.05) is 27.7 Å². The van der Waals surface area contributed by atoms with Gasteiger partial charge < -0.3 is 9.47 Å². The van der Waals surface area contributed by atoms with Crippen molar-refractivity contribution in [3.8, 4) is 0 Å². The fourth-order valence-electron chi connectivity index (χ4n) is 2.35. The normalized spacial score (nSPS) is 14.2. The molecule has 0 aliphatic rings. The van der Waals surface area contributed by atoms with Gasteiger partial charge in [0.25, 0.3) is 0 Å². The van der Waals surface area contributed by atoms with Gasteiger partial charge in [-0.25, -0.2) is 4.79 Å². The zero-order chi connectivity index (χ0) is 16.1. The van der Waals surface area contributed by atoms with Crippen LogP contribution in [0.3, 0.4) is 0 Å². The van der Waals surface area contributed by atoms with Crippen LogP contribution >= 0.6 is 0 Å². The smallest absolute Gasteiger partial charge is 0.328 e. The Bertz CT molecular complexity index is 269. The van der Waals surface area contributed by atoms with Gasteiger partial charge in [0, 0.05) is 12.6 Å². The van der Waals surface area contributed by atoms with Crippen LogP contribution in [-0.4, -0.2) is 37.4 Å². The van der Waals surface area contributed by atoms with E-state index in [-0.39, 0.29) is 12.0 Å². The summed E-state index contributed by atoms with van der Waals surface area (Å²) in [6, 6.07) is 0.206. The summed E-state index contributed by atoms with van der Waals surface area (Å²) in [4.78, 5) is 12.1. The average Bonchev–Trinajstić information content (AvgIpc) is 2.41. The number of ether oxygens (including phenoxy) is 2. The van der Waals surface area contributed by atoms with Crippen LogP contribution in [0.25, 0.3) is 0 Å². The molecule has 0 heterocycles. The number of unbranched alkanes of at least 4 members (excludes halogenated alkanes) is 5. The van der Waals surface area contributed by atoms with Crippen LogP contribution in [0, 0.1) is 0 Å². The molecule has 0 bridgehead atoms. The first-order valence-corrected chi connectivity index (χ1v) is 8.49. The molecule has 0 fully saturated rings. The lowest BCUT2D eigenvalue weighted by atomic mass is 10.0. The molecule has 0 saturated heterocycles. The Labute approximate surface area is 131 Å². The van der Waals surface area contributed by atoms with E-state index in [1.54, 1.807) is 0 Å². The SMILES string of the molecule is CCCCCCCCOCC(C)(NC(C)C)C(=O)OCC. The number of carbonyl (C=O) groups excluding carboxylic acids is 1. The molecule has 1 unspecified atom stereocenters. The summed E-state index contributed by atoms with van der Waals surface area (Å²) < 4.78 is 10.9. The monoisotopic (exact) mass is 301 g/mol. The second kappa shape index (κ2) is 12.0. The maximum absolute atomic E-state index is 12.1. The van der Waals surface area contributed by atoms with Crippen LogP contribution < -0.4 is 5.32 Å². The Morgan fingerprint density at radius 3 is 2.29 bits per heavy atom. The number of hydrogen-bond acceptors (Lipinski definition) is 4. The molecule has 4 heteroatoms. The average molecular weight is 301 g/mol. The molecule has 0 spiro atoms. The number of nitrogens with one attached hydrogen (secondary N) is 1. The van der Waals surface area contributed by atoms with Crippen molar-refractivity contribution in [1.82, 2.24) is 5.32 Å². The largest absolute Gasteiger partial charge is 0.465 e. The molecule has 126 valence electrons. The van der Waals surface area contributed by atoms with Crippen molar-refractivity contribution in [2.45, 2.75) is 84.7 Å². The summed E-state index contributed by atoms with van der Waals surface area (Å²) in [5.41, 5.74) is -0.758. The van der Waals surface area contributed by atoms with Crippen LogP contribution in [0.5, 0.6) is 0 Å². The minimum Gasteiger partial charge on any atom is -0.465 e. The predicted octanol–water partition coefficient (Wildman–Crippen LogP) is 3.68. The summed E-state index contributed by atoms with van der Waals surface area (Å²) in [7, 11) is 0. The van der Waals surface area contributed by atoms with Gasteiger partial charge in [0.15, 0.2) is 0 Å². The van der Waals surface area contributed by atoms with Gasteiger partial charge in [-0.3, -0.25) is 5.32 Å². The third-order valence-electron chi connectivity index (χ3n) is 3.37. The molecule has 0 radical (unpaired) electrons. The third-order valence-corrected chi connectivity index (χ3v) is 3.37. The van der Waals surface area contributed by atoms with Crippen LogP contribution in [-0.2, 0) is 14.3 Å². The maximum atomic E-state index is 12.1. The Kier molecular flexibility index (Phi) is 11.6. The van der Waals surface area contributed by atoms with Gasteiger partial charge in [-0.05, 0) is 34.1 Å². The second-order valence-corrected chi connectivity index (χ2v) is 6.17. The molecule has 1 N–H and O–H groups in total. The standard InChI is InChI=1S/C17H35NO3/c1-6-8-9-10-11-12-13-20-14-17(5,18-15(3)4)16(19)21-7-2/h15,18H,6-14H2,1-5H3. The lowest BCUT2D eigenvalue weighted by molar-refractivity contribution is -0.153. The van der Waals surface area contributed by atoms with Crippen molar-refractivity contribution in [3.63, 3.8) is 0 Å². The van der Waals surface area contributed by atoms with E-state index >= 15 is 0 Å². The summed E-state index contributed by atoms with van der Waals surface area (Å²) in [5.74, 6) is -0.235. The molecular weight excluding hydrogens is 266 g/mol. The van der Waals surface area contributed by atoms with Crippen LogP contribution in [0.15, 0.2) is 0 Å². The summed E-state index contributed by atoms with van der Waals surface area (Å²) in [6.07, 6.45) is 7.44. The van der Waals surface area contributed by atoms with E-state index in [2.05, 4.69) is 12.2 Å². The highest BCUT2D eigenvalue weighted by Gasteiger charge is 2.35. The summed E-state index contributed by atoms with van der Waals surface area (Å²) >= 11 is 0. The van der Waals surface area contributed by atoms with E-state index < -0.39 is 5.54 Å². The minimum atomic E-state index is -0.758. The van der Waals surface area contributed by atoms with Crippen molar-refractivity contribution in [2.24, 2.45) is 0 Å². The quantitative estimate of drug-likeness (QED) is 0.416. The molecule has 0 rings (SSSR count). The van der Waals surface area contributed by atoms with Gasteiger partial charge >= 0.3 is 5.97 Å². The first-order valence-electron chi connectivity index (χ1n) is 8.49. The highest BCUT2D eigenvalue weighted by molar-refractivity contribution is 5.80. The first kappa shape index (κ1) is 20.4. The van der Waals surface area contributed by atoms with Crippen molar-refractivity contribution in [2.75, 3.05) is 19.8 Å². The van der Waals surface area contributed by atoms with E-state index in [0.29, 0.717) is 19.8 Å². The molecule has 0 saturated carbocycles. The number of carbonyl (C=O) groups is 1. The zero-order valence-corrected chi connectivity index (χ0v) is 14.7. The van der Waals surface area contributed by atoms with Crippen LogP contribution in [0.4, 0.5) is 0 Å². The molecule has 0 aromatic rings. The Balaban J connectivity index is 3.99. The van der Waals surface area contributed by atoms with Crippen molar-refractivity contribution >= 4 is 5.97 Å². The lowest BCUT2D eigenvalue weighted by Crippen LogP contribution is -2.56. The Hall–Kier alpha value is -0.610. The molecule has 0 aliphatic carbocycles. The predicted molar refractivity (Wildman–Crippen MR) is 87.5 cm³/mol. The Morgan fingerprint density at radius 2 is 1.71 bits per heavy atom. The first-order chi connectivity index (χ1) is 9.96. The van der Waals surface area contributed by atoms with Crippen molar-refractivity contribution in [3.05, 3.63) is 0 Å². The summed E-state index contributed by atoms with van der Waals surface area (Å²) in [5, 5.41) is 3.26. The highest BCUT2D eigenvalue weighted by atomic mass is 16.5. The fraction of sp³-hybridized carbons (Fsp3) is 0.941. The van der Waals surface area contributed by atoms with Crippen LogP contribution in [0.2, 0.25) is 0 Å².